The van der Waals surface area contributed by atoms with Crippen molar-refractivity contribution in [2.75, 3.05) is 4.90 Å². The first-order valence-electron chi connectivity index (χ1n) is 6.50. The summed E-state index contributed by atoms with van der Waals surface area (Å²) in [7, 11) is 0. The van der Waals surface area contributed by atoms with Gasteiger partial charge in [-0.15, -0.1) is 0 Å². The number of amides is 1. The van der Waals surface area contributed by atoms with Crippen molar-refractivity contribution in [1.29, 1.82) is 0 Å². The van der Waals surface area contributed by atoms with Crippen molar-refractivity contribution in [3.63, 3.8) is 0 Å². The number of benzene rings is 1. The Hall–Kier alpha value is -2.52. The minimum absolute atomic E-state index is 0.0393. The molecule has 1 aliphatic heterocycles. The summed E-state index contributed by atoms with van der Waals surface area (Å²) in [6.45, 7) is 0. The largest absolute Gasteiger partial charge is 0.474 e. The number of hydrogen-bond donors (Lipinski definition) is 2. The average Bonchev–Trinajstić information content (AvgIpc) is 3.18. The van der Waals surface area contributed by atoms with E-state index in [0.717, 1.165) is 11.8 Å². The molecule has 1 atom stereocenters. The molecule has 0 radical (unpaired) electrons. The van der Waals surface area contributed by atoms with E-state index in [1.165, 1.54) is 41.6 Å². The van der Waals surface area contributed by atoms with Gasteiger partial charge in [-0.25, -0.2) is 9.18 Å². The summed E-state index contributed by atoms with van der Waals surface area (Å²) in [5.74, 6) is -3.53. The van der Waals surface area contributed by atoms with E-state index < -0.39 is 22.7 Å². The molecule has 2 heterocycles. The number of anilines is 1. The number of nitrogens with one attached hydrogen (secondary N) is 1. The fraction of sp³-hybridized carbons (Fsp3) is 0.0714. The maximum Gasteiger partial charge on any atom is 0.394 e. The van der Waals surface area contributed by atoms with Crippen LogP contribution in [-0.2, 0) is 14.6 Å². The second-order valence-electron chi connectivity index (χ2n) is 4.62. The van der Waals surface area contributed by atoms with Crippen LogP contribution in [0.4, 0.5) is 10.1 Å². The molecule has 1 unspecified atom stereocenters. The van der Waals surface area contributed by atoms with E-state index in [0.29, 0.717) is 0 Å². The number of hydrogen-bond acceptors (Lipinski definition) is 6. The Labute approximate surface area is 144 Å². The van der Waals surface area contributed by atoms with Crippen LogP contribution in [0.25, 0.3) is 0 Å². The third kappa shape index (κ3) is 2.61. The molecule has 0 saturated heterocycles. The van der Waals surface area contributed by atoms with Crippen LogP contribution in [0.5, 0.6) is 0 Å². The lowest BCUT2D eigenvalue weighted by atomic mass is 10.2. The van der Waals surface area contributed by atoms with Crippen molar-refractivity contribution < 1.29 is 23.6 Å². The lowest BCUT2D eigenvalue weighted by molar-refractivity contribution is -0.150. The summed E-state index contributed by atoms with van der Waals surface area (Å²) in [5, 5.41) is 16.4. The first-order chi connectivity index (χ1) is 11.5. The number of aromatic nitrogens is 1. The van der Waals surface area contributed by atoms with Crippen LogP contribution in [0.1, 0.15) is 5.76 Å². The molecule has 10 heteroatoms. The smallest absolute Gasteiger partial charge is 0.394 e. The highest BCUT2D eigenvalue weighted by Gasteiger charge is 2.48. The van der Waals surface area contributed by atoms with Crippen molar-refractivity contribution in [3.05, 3.63) is 58.7 Å². The molecule has 0 spiro atoms. The van der Waals surface area contributed by atoms with Gasteiger partial charge in [0.1, 0.15) is 5.82 Å². The Morgan fingerprint density at radius 2 is 2.21 bits per heavy atom. The van der Waals surface area contributed by atoms with E-state index in [9.17, 15) is 14.0 Å². The molecule has 0 fully saturated rings. The number of aliphatic carboxylic acids is 1. The van der Waals surface area contributed by atoms with Gasteiger partial charge in [-0.05, 0) is 17.5 Å². The quantitative estimate of drug-likeness (QED) is 0.802. The monoisotopic (exact) mass is 369 g/mol. The fourth-order valence-electron chi connectivity index (χ4n) is 2.23. The molecule has 0 saturated carbocycles. The molecule has 0 aliphatic carbocycles. The van der Waals surface area contributed by atoms with Gasteiger partial charge in [0.2, 0.25) is 4.99 Å². The second-order valence-corrected chi connectivity index (χ2v) is 6.13. The Morgan fingerprint density at radius 1 is 1.42 bits per heavy atom. The highest BCUT2D eigenvalue weighted by Crippen LogP contribution is 2.48. The topological polar surface area (TPSA) is 95.7 Å². The maximum atomic E-state index is 14.3. The molecule has 2 aromatic rings. The third-order valence-electron chi connectivity index (χ3n) is 3.22. The van der Waals surface area contributed by atoms with Crippen LogP contribution in [0.2, 0.25) is 5.02 Å². The second kappa shape index (κ2) is 6.17. The zero-order valence-electron chi connectivity index (χ0n) is 11.8. The summed E-state index contributed by atoms with van der Waals surface area (Å²) < 4.78 is 19.4. The van der Waals surface area contributed by atoms with Crippen LogP contribution in [-0.4, -0.2) is 22.1 Å². The summed E-state index contributed by atoms with van der Waals surface area (Å²) >= 11 is 7.10. The first-order valence-corrected chi connectivity index (χ1v) is 7.76. The number of carbonyl (C=O) groups is 2. The van der Waals surface area contributed by atoms with E-state index in [1.807, 2.05) is 0 Å². The molecule has 24 heavy (non-hydrogen) atoms. The standard InChI is InChI=1S/C14H9ClFN3O4S/c15-8-2-1-3-9(16)11(8)19-6-7-24-14(19,10-4-5-17-23-10)18-12(20)13(21)22/h1-7H,(H,18,20)(H,21,22). The Bertz CT molecular complexity index is 809. The van der Waals surface area contributed by atoms with Crippen molar-refractivity contribution >= 4 is 40.9 Å². The van der Waals surface area contributed by atoms with Gasteiger partial charge in [0.05, 0.1) is 16.9 Å². The van der Waals surface area contributed by atoms with Gasteiger partial charge < -0.3 is 19.8 Å². The Morgan fingerprint density at radius 3 is 2.83 bits per heavy atom. The molecule has 1 aromatic heterocycles. The van der Waals surface area contributed by atoms with Crippen molar-refractivity contribution in [2.45, 2.75) is 4.99 Å². The van der Waals surface area contributed by atoms with Crippen LogP contribution in [0, 0.1) is 5.82 Å². The lowest BCUT2D eigenvalue weighted by Crippen LogP contribution is -2.54. The predicted octanol–water partition coefficient (Wildman–Crippen LogP) is 2.50. The van der Waals surface area contributed by atoms with Crippen LogP contribution < -0.4 is 10.2 Å². The SMILES string of the molecule is O=C(O)C(=O)NC1(c2ccno2)SC=CN1c1c(F)cccc1Cl. The van der Waals surface area contributed by atoms with Crippen LogP contribution in [0.15, 0.2) is 46.6 Å². The molecule has 1 aliphatic rings. The van der Waals surface area contributed by atoms with Gasteiger partial charge in [-0.3, -0.25) is 4.79 Å². The van der Waals surface area contributed by atoms with Gasteiger partial charge in [-0.1, -0.05) is 34.6 Å². The predicted molar refractivity (Wildman–Crippen MR) is 84.6 cm³/mol. The number of rotatable bonds is 3. The van der Waals surface area contributed by atoms with Crippen molar-refractivity contribution in [2.24, 2.45) is 0 Å². The molecule has 124 valence electrons. The Balaban J connectivity index is 2.14. The minimum Gasteiger partial charge on any atom is -0.474 e. The summed E-state index contributed by atoms with van der Waals surface area (Å²) in [5.41, 5.74) is -0.0393. The number of carbonyl (C=O) groups excluding carboxylic acids is 1. The van der Waals surface area contributed by atoms with Crippen molar-refractivity contribution in [1.82, 2.24) is 10.5 Å². The van der Waals surface area contributed by atoms with E-state index in [4.69, 9.17) is 21.2 Å². The normalized spacial score (nSPS) is 19.5. The zero-order valence-corrected chi connectivity index (χ0v) is 13.3. The number of nitrogens with zero attached hydrogens (tertiary/aromatic N) is 2. The number of para-hydroxylation sites is 1. The molecular formula is C14H9ClFN3O4S. The van der Waals surface area contributed by atoms with E-state index in [1.54, 1.807) is 5.41 Å². The summed E-state index contributed by atoms with van der Waals surface area (Å²) in [4.78, 5) is 22.5. The van der Waals surface area contributed by atoms with Crippen LogP contribution in [0.3, 0.4) is 0 Å². The fourth-order valence-corrected chi connectivity index (χ4v) is 3.50. The van der Waals surface area contributed by atoms with Gasteiger partial charge in [0.15, 0.2) is 5.76 Å². The molecular weight excluding hydrogens is 361 g/mol. The number of halogens is 2. The molecule has 1 aromatic carbocycles. The third-order valence-corrected chi connectivity index (χ3v) is 4.62. The Kier molecular flexibility index (Phi) is 4.20. The van der Waals surface area contributed by atoms with E-state index in [2.05, 4.69) is 10.5 Å². The number of carboxylic acids is 1. The highest BCUT2D eigenvalue weighted by molar-refractivity contribution is 8.03. The average molecular weight is 370 g/mol. The lowest BCUT2D eigenvalue weighted by Gasteiger charge is -2.36. The molecule has 0 bridgehead atoms. The van der Waals surface area contributed by atoms with Crippen molar-refractivity contribution in [3.8, 4) is 0 Å². The number of thioether (sulfide) groups is 1. The van der Waals surface area contributed by atoms with Crippen LogP contribution >= 0.6 is 23.4 Å². The molecule has 1 amide bonds. The van der Waals surface area contributed by atoms with E-state index in [-0.39, 0.29) is 16.5 Å². The zero-order chi connectivity index (χ0) is 17.3. The van der Waals surface area contributed by atoms with E-state index >= 15 is 0 Å². The molecule has 3 rings (SSSR count). The minimum atomic E-state index is -1.69. The first kappa shape index (κ1) is 16.3. The van der Waals surface area contributed by atoms with Gasteiger partial charge in [0, 0.05) is 12.3 Å². The summed E-state index contributed by atoms with van der Waals surface area (Å²) in [6.07, 6.45) is 2.78. The number of carboxylic acid groups (broad SMARTS) is 1. The van der Waals surface area contributed by atoms with Gasteiger partial charge >= 0.3 is 11.9 Å². The molecule has 2 N–H and O–H groups in total. The van der Waals surface area contributed by atoms with Gasteiger partial charge in [0.25, 0.3) is 0 Å². The summed E-state index contributed by atoms with van der Waals surface area (Å²) in [6, 6.07) is 5.53. The highest BCUT2D eigenvalue weighted by atomic mass is 35.5. The maximum absolute atomic E-state index is 14.3. The molecule has 7 nitrogen and oxygen atoms in total. The van der Waals surface area contributed by atoms with Gasteiger partial charge in [-0.2, -0.15) is 0 Å².